The Kier molecular flexibility index (Phi) is 8.09. The summed E-state index contributed by atoms with van der Waals surface area (Å²) in [5.74, 6) is -3.00. The molecule has 3 aromatic rings. The number of thioether (sulfide) groups is 1. The van der Waals surface area contributed by atoms with E-state index < -0.39 is 12.1 Å². The monoisotopic (exact) mass is 547 g/mol. The highest BCUT2D eigenvalue weighted by Gasteiger charge is 2.38. The molecular weight excluding hydrogens is 538 g/mol. The number of carbonyl (C=O) groups excluding carboxylic acids is 1. The normalized spacial score (nSPS) is 15.9. The molecule has 0 atom stereocenters. The minimum atomic E-state index is -5.08. The maximum absolute atomic E-state index is 12.3. The van der Waals surface area contributed by atoms with E-state index in [-0.39, 0.29) is 5.91 Å². The van der Waals surface area contributed by atoms with Gasteiger partial charge in [-0.15, -0.1) is 0 Å². The van der Waals surface area contributed by atoms with Crippen molar-refractivity contribution in [2.75, 3.05) is 0 Å². The van der Waals surface area contributed by atoms with Crippen LogP contribution in [-0.4, -0.2) is 33.3 Å². The first-order chi connectivity index (χ1) is 16.0. The molecule has 2 aromatic carbocycles. The van der Waals surface area contributed by atoms with E-state index in [9.17, 15) is 18.0 Å². The van der Waals surface area contributed by atoms with E-state index in [1.807, 2.05) is 18.2 Å². The number of nitrogens with zero attached hydrogens (tertiary/aromatic N) is 2. The third kappa shape index (κ3) is 6.41. The van der Waals surface area contributed by atoms with E-state index >= 15 is 0 Å². The number of aromatic nitrogens is 1. The molecule has 0 saturated carbocycles. The zero-order valence-electron chi connectivity index (χ0n) is 16.5. The summed E-state index contributed by atoms with van der Waals surface area (Å²) in [6.07, 6.45) is -1.63. The number of pyridine rings is 1. The first-order valence-corrected chi connectivity index (χ1v) is 11.0. The van der Waals surface area contributed by atoms with Gasteiger partial charge in [0, 0.05) is 11.6 Å². The number of hydrogen-bond donors (Lipinski definition) is 2. The maximum atomic E-state index is 12.3. The van der Waals surface area contributed by atoms with Crippen molar-refractivity contribution in [3.8, 4) is 0 Å². The summed E-state index contributed by atoms with van der Waals surface area (Å²) in [6, 6.07) is 12.6. The van der Waals surface area contributed by atoms with Crippen molar-refractivity contribution in [3.63, 3.8) is 0 Å². The summed E-state index contributed by atoms with van der Waals surface area (Å²) >= 11 is 19.8. The molecule has 1 fully saturated rings. The van der Waals surface area contributed by atoms with Gasteiger partial charge < -0.3 is 10.4 Å². The highest BCUT2D eigenvalue weighted by atomic mass is 35.5. The zero-order chi connectivity index (χ0) is 25.0. The lowest BCUT2D eigenvalue weighted by Gasteiger charge is -2.02. The molecule has 34 heavy (non-hydrogen) atoms. The van der Waals surface area contributed by atoms with Crippen LogP contribution < -0.4 is 5.32 Å². The topological polar surface area (TPSA) is 91.6 Å². The number of fused-ring (bicyclic) bond motifs is 1. The number of carboxylic acids is 1. The van der Waals surface area contributed by atoms with Crippen LogP contribution in [0.5, 0.6) is 0 Å². The van der Waals surface area contributed by atoms with Gasteiger partial charge in [-0.25, -0.2) is 9.79 Å². The van der Waals surface area contributed by atoms with Gasteiger partial charge in [-0.3, -0.25) is 9.78 Å². The van der Waals surface area contributed by atoms with Crippen molar-refractivity contribution in [2.45, 2.75) is 6.18 Å². The van der Waals surface area contributed by atoms with Crippen molar-refractivity contribution in [3.05, 3.63) is 74.2 Å². The van der Waals surface area contributed by atoms with Gasteiger partial charge in [-0.1, -0.05) is 46.9 Å². The third-order valence-corrected chi connectivity index (χ3v) is 5.83. The largest absolute Gasteiger partial charge is 0.490 e. The average Bonchev–Trinajstić information content (AvgIpc) is 3.09. The molecule has 1 amide bonds. The number of nitrogens with one attached hydrogen (secondary N) is 1. The summed E-state index contributed by atoms with van der Waals surface area (Å²) in [4.78, 5) is 30.3. The number of carbonyl (C=O) groups is 2. The van der Waals surface area contributed by atoms with Crippen molar-refractivity contribution < 1.29 is 27.9 Å². The SMILES string of the molecule is O=C(O)C(F)(F)F.O=C1NC(=Nc2c(Cl)cccc2Cl)S/C1=C/c1cc(Cl)c2ncccc2c1. The van der Waals surface area contributed by atoms with Gasteiger partial charge in [-0.2, -0.15) is 13.2 Å². The van der Waals surface area contributed by atoms with E-state index in [0.29, 0.717) is 30.8 Å². The van der Waals surface area contributed by atoms with Crippen LogP contribution in [0.4, 0.5) is 18.9 Å². The fourth-order valence-corrected chi connectivity index (χ4v) is 4.18. The standard InChI is InChI=1S/C19H10Cl3N3OS.C2HF3O2/c20-12-4-1-5-13(21)17(12)24-19-25-18(26)15(27-19)9-10-7-11-3-2-6-23-16(11)14(22)8-10;3-2(4,5)1(6)7/h1-9H,(H,24,25,26);(H,6,7)/b15-9+;. The first-order valence-electron chi connectivity index (χ1n) is 9.03. The summed E-state index contributed by atoms with van der Waals surface area (Å²) < 4.78 is 31.7. The van der Waals surface area contributed by atoms with Gasteiger partial charge in [0.15, 0.2) is 5.17 Å². The van der Waals surface area contributed by atoms with Crippen LogP contribution in [0.15, 0.2) is 58.6 Å². The lowest BCUT2D eigenvalue weighted by Crippen LogP contribution is -2.21. The fraction of sp³-hybridized carbons (Fsp3) is 0.0476. The number of rotatable bonds is 2. The summed E-state index contributed by atoms with van der Waals surface area (Å²) in [5, 5.41) is 12.5. The van der Waals surface area contributed by atoms with Crippen molar-refractivity contribution in [1.82, 2.24) is 10.3 Å². The number of benzene rings is 2. The Hall–Kier alpha value is -2.79. The van der Waals surface area contributed by atoms with Crippen LogP contribution >= 0.6 is 46.6 Å². The molecule has 2 N–H and O–H groups in total. The molecule has 0 radical (unpaired) electrons. The quantitative estimate of drug-likeness (QED) is 0.347. The van der Waals surface area contributed by atoms with Crippen LogP contribution in [-0.2, 0) is 9.59 Å². The fourth-order valence-electron chi connectivity index (χ4n) is 2.58. The molecule has 0 aliphatic carbocycles. The lowest BCUT2D eigenvalue weighted by atomic mass is 10.1. The summed E-state index contributed by atoms with van der Waals surface area (Å²) in [7, 11) is 0. The second-order valence-electron chi connectivity index (χ2n) is 6.43. The zero-order valence-corrected chi connectivity index (χ0v) is 19.6. The van der Waals surface area contributed by atoms with Gasteiger partial charge in [0.05, 0.1) is 25.5 Å². The summed E-state index contributed by atoms with van der Waals surface area (Å²) in [6.45, 7) is 0. The number of halogens is 6. The number of aliphatic imine (C=N–C) groups is 1. The predicted octanol–water partition coefficient (Wildman–Crippen LogP) is 6.72. The van der Waals surface area contributed by atoms with Gasteiger partial charge in [0.2, 0.25) is 0 Å². The van der Waals surface area contributed by atoms with Crippen molar-refractivity contribution in [1.29, 1.82) is 0 Å². The molecule has 1 aliphatic heterocycles. The smallest absolute Gasteiger partial charge is 0.475 e. The highest BCUT2D eigenvalue weighted by Crippen LogP contribution is 2.36. The van der Waals surface area contributed by atoms with Crippen LogP contribution in [0, 0.1) is 0 Å². The molecule has 0 spiro atoms. The van der Waals surface area contributed by atoms with Gasteiger partial charge >= 0.3 is 12.1 Å². The lowest BCUT2D eigenvalue weighted by molar-refractivity contribution is -0.192. The second-order valence-corrected chi connectivity index (χ2v) is 8.69. The minimum Gasteiger partial charge on any atom is -0.475 e. The maximum Gasteiger partial charge on any atom is 0.490 e. The van der Waals surface area contributed by atoms with Crippen LogP contribution in [0.1, 0.15) is 5.56 Å². The molecule has 1 aromatic heterocycles. The summed E-state index contributed by atoms with van der Waals surface area (Å²) in [5.41, 5.74) is 1.94. The number of amidine groups is 1. The number of alkyl halides is 3. The molecule has 1 saturated heterocycles. The van der Waals surface area contributed by atoms with Crippen molar-refractivity contribution >= 4 is 86.3 Å². The molecule has 4 rings (SSSR count). The highest BCUT2D eigenvalue weighted by molar-refractivity contribution is 8.18. The Morgan fingerprint density at radius 1 is 1.09 bits per heavy atom. The van der Waals surface area contributed by atoms with Crippen LogP contribution in [0.3, 0.4) is 0 Å². The Bertz CT molecular complexity index is 1330. The van der Waals surface area contributed by atoms with Gasteiger partial charge in [-0.05, 0) is 53.7 Å². The number of hydrogen-bond acceptors (Lipinski definition) is 5. The first kappa shape index (κ1) is 25.8. The van der Waals surface area contributed by atoms with Crippen LogP contribution in [0.25, 0.3) is 17.0 Å². The number of aliphatic carboxylic acids is 1. The molecule has 0 unspecified atom stereocenters. The predicted molar refractivity (Wildman–Crippen MR) is 128 cm³/mol. The van der Waals surface area contributed by atoms with Crippen LogP contribution in [0.2, 0.25) is 15.1 Å². The Balaban J connectivity index is 0.000000406. The minimum absolute atomic E-state index is 0.246. The average molecular weight is 549 g/mol. The second kappa shape index (κ2) is 10.6. The molecule has 1 aliphatic rings. The van der Waals surface area contributed by atoms with E-state index in [1.165, 1.54) is 11.8 Å². The number of para-hydroxylation sites is 1. The molecular formula is C21H11Cl3F3N3O3S. The van der Waals surface area contributed by atoms with Gasteiger partial charge in [0.25, 0.3) is 5.91 Å². The molecule has 176 valence electrons. The third-order valence-electron chi connectivity index (χ3n) is 4.02. The molecule has 6 nitrogen and oxygen atoms in total. The van der Waals surface area contributed by atoms with Gasteiger partial charge in [0.1, 0.15) is 5.69 Å². The van der Waals surface area contributed by atoms with Crippen molar-refractivity contribution in [2.24, 2.45) is 4.99 Å². The molecule has 13 heteroatoms. The molecule has 2 heterocycles. The Morgan fingerprint density at radius 3 is 2.35 bits per heavy atom. The number of amides is 1. The van der Waals surface area contributed by atoms with E-state index in [0.717, 1.165) is 16.5 Å². The Labute approximate surface area is 209 Å². The van der Waals surface area contributed by atoms with E-state index in [4.69, 9.17) is 44.7 Å². The number of carboxylic acid groups (broad SMARTS) is 1. The van der Waals surface area contributed by atoms with E-state index in [2.05, 4.69) is 15.3 Å². The van der Waals surface area contributed by atoms with E-state index in [1.54, 1.807) is 36.5 Å². The molecule has 0 bridgehead atoms. The Morgan fingerprint density at radius 2 is 1.74 bits per heavy atom.